The van der Waals surface area contributed by atoms with Crippen molar-refractivity contribution in [3.63, 3.8) is 0 Å². The number of aromatic nitrogens is 1. The third-order valence-corrected chi connectivity index (χ3v) is 4.71. The van der Waals surface area contributed by atoms with E-state index < -0.39 is 0 Å². The molecule has 3 N–H and O–H groups in total. The molecule has 0 aliphatic heterocycles. The summed E-state index contributed by atoms with van der Waals surface area (Å²) >= 11 is 5.32. The average Bonchev–Trinajstić information content (AvgIpc) is 2.46. The molecule has 0 saturated heterocycles. The Morgan fingerprint density at radius 3 is 2.90 bits per heavy atom. The van der Waals surface area contributed by atoms with E-state index in [2.05, 4.69) is 57.4 Å². The van der Waals surface area contributed by atoms with Gasteiger partial charge in [0, 0.05) is 32.9 Å². The van der Waals surface area contributed by atoms with Crippen LogP contribution in [0.25, 0.3) is 0 Å². The van der Waals surface area contributed by atoms with Gasteiger partial charge in [0.25, 0.3) is 0 Å². The predicted octanol–water partition coefficient (Wildman–Crippen LogP) is 4.18. The SMILES string of the molecule is CCNC(CSc1cccc(Br)c1)c1cc(C)cnc1N. The minimum Gasteiger partial charge on any atom is -0.383 e. The molecule has 0 spiro atoms. The molecular formula is C16H20BrN3S. The van der Waals surface area contributed by atoms with E-state index in [0.717, 1.165) is 27.9 Å². The van der Waals surface area contributed by atoms with E-state index in [1.165, 1.54) is 4.90 Å². The van der Waals surface area contributed by atoms with Gasteiger partial charge in [0.15, 0.2) is 0 Å². The zero-order valence-electron chi connectivity index (χ0n) is 12.3. The van der Waals surface area contributed by atoms with Gasteiger partial charge in [-0.05, 0) is 43.3 Å². The number of rotatable bonds is 6. The molecule has 5 heteroatoms. The molecule has 0 amide bonds. The fourth-order valence-electron chi connectivity index (χ4n) is 2.12. The van der Waals surface area contributed by atoms with Crippen LogP contribution in [0.5, 0.6) is 0 Å². The number of anilines is 1. The summed E-state index contributed by atoms with van der Waals surface area (Å²) in [5.74, 6) is 1.53. The molecule has 1 atom stereocenters. The first-order valence-corrected chi connectivity index (χ1v) is 8.71. The first-order valence-electron chi connectivity index (χ1n) is 6.94. The molecular weight excluding hydrogens is 346 g/mol. The maximum absolute atomic E-state index is 6.05. The summed E-state index contributed by atoms with van der Waals surface area (Å²) in [6, 6.07) is 10.7. The topological polar surface area (TPSA) is 50.9 Å². The third-order valence-electron chi connectivity index (χ3n) is 3.12. The highest BCUT2D eigenvalue weighted by molar-refractivity contribution is 9.10. The summed E-state index contributed by atoms with van der Waals surface area (Å²) in [6.07, 6.45) is 1.81. The zero-order chi connectivity index (χ0) is 15.2. The fourth-order valence-corrected chi connectivity index (χ4v) is 3.72. The minimum absolute atomic E-state index is 0.200. The molecule has 21 heavy (non-hydrogen) atoms. The number of nitrogens with two attached hydrogens (primary N) is 1. The smallest absolute Gasteiger partial charge is 0.128 e. The molecule has 0 fully saturated rings. The number of hydrogen-bond donors (Lipinski definition) is 2. The van der Waals surface area contributed by atoms with Gasteiger partial charge < -0.3 is 11.1 Å². The van der Waals surface area contributed by atoms with E-state index in [1.807, 2.05) is 30.9 Å². The van der Waals surface area contributed by atoms with Crippen LogP contribution in [0.4, 0.5) is 5.82 Å². The number of nitrogens with one attached hydrogen (secondary N) is 1. The Bertz CT molecular complexity index is 604. The van der Waals surface area contributed by atoms with Crippen LogP contribution in [0.1, 0.15) is 24.1 Å². The highest BCUT2D eigenvalue weighted by Gasteiger charge is 2.15. The number of hydrogen-bond acceptors (Lipinski definition) is 4. The Labute approximate surface area is 138 Å². The number of aryl methyl sites for hydroxylation is 1. The van der Waals surface area contributed by atoms with Gasteiger partial charge in [-0.25, -0.2) is 4.98 Å². The van der Waals surface area contributed by atoms with Gasteiger partial charge >= 0.3 is 0 Å². The Kier molecular flexibility index (Phi) is 6.08. The van der Waals surface area contributed by atoms with Crippen LogP contribution in [0.3, 0.4) is 0 Å². The van der Waals surface area contributed by atoms with Gasteiger partial charge in [0.05, 0.1) is 0 Å². The molecule has 3 nitrogen and oxygen atoms in total. The van der Waals surface area contributed by atoms with Crippen molar-refractivity contribution in [1.29, 1.82) is 0 Å². The first kappa shape index (κ1) is 16.3. The van der Waals surface area contributed by atoms with E-state index in [9.17, 15) is 0 Å². The molecule has 0 aliphatic carbocycles. The molecule has 0 bridgehead atoms. The summed E-state index contributed by atoms with van der Waals surface area (Å²) in [7, 11) is 0. The van der Waals surface area contributed by atoms with E-state index >= 15 is 0 Å². The highest BCUT2D eigenvalue weighted by atomic mass is 79.9. The maximum atomic E-state index is 6.05. The van der Waals surface area contributed by atoms with E-state index in [1.54, 1.807) is 0 Å². The lowest BCUT2D eigenvalue weighted by molar-refractivity contribution is 0.605. The maximum Gasteiger partial charge on any atom is 0.128 e. The average molecular weight is 366 g/mol. The molecule has 112 valence electrons. The van der Waals surface area contributed by atoms with Crippen LogP contribution < -0.4 is 11.1 Å². The van der Waals surface area contributed by atoms with Crippen molar-refractivity contribution in [2.45, 2.75) is 24.8 Å². The van der Waals surface area contributed by atoms with Crippen molar-refractivity contribution < 1.29 is 0 Å². The molecule has 1 aromatic carbocycles. The number of nitrogen functional groups attached to an aromatic ring is 1. The molecule has 1 aromatic heterocycles. The Balaban J connectivity index is 2.13. The van der Waals surface area contributed by atoms with Crippen LogP contribution in [-0.4, -0.2) is 17.3 Å². The Hall–Kier alpha value is -1.04. The van der Waals surface area contributed by atoms with Crippen LogP contribution in [0, 0.1) is 6.92 Å². The summed E-state index contributed by atoms with van der Waals surface area (Å²) < 4.78 is 1.10. The second kappa shape index (κ2) is 7.82. The van der Waals surface area contributed by atoms with Gasteiger partial charge in [-0.2, -0.15) is 0 Å². The monoisotopic (exact) mass is 365 g/mol. The summed E-state index contributed by atoms with van der Waals surface area (Å²) in [4.78, 5) is 5.51. The highest BCUT2D eigenvalue weighted by Crippen LogP contribution is 2.28. The van der Waals surface area contributed by atoms with Crippen molar-refractivity contribution in [3.8, 4) is 0 Å². The standard InChI is InChI=1S/C16H20BrN3S/c1-3-19-15(14-7-11(2)9-20-16(14)18)10-21-13-6-4-5-12(17)8-13/h4-9,15,19H,3,10H2,1-2H3,(H2,18,20). The van der Waals surface area contributed by atoms with E-state index in [-0.39, 0.29) is 6.04 Å². The van der Waals surface area contributed by atoms with Gasteiger partial charge in [0.1, 0.15) is 5.82 Å². The molecule has 2 rings (SSSR count). The number of benzene rings is 1. The first-order chi connectivity index (χ1) is 10.1. The van der Waals surface area contributed by atoms with Gasteiger partial charge in [-0.1, -0.05) is 28.9 Å². The lowest BCUT2D eigenvalue weighted by atomic mass is 10.1. The molecule has 0 aliphatic rings. The Morgan fingerprint density at radius 2 is 2.19 bits per heavy atom. The Morgan fingerprint density at radius 1 is 1.38 bits per heavy atom. The second-order valence-electron chi connectivity index (χ2n) is 4.87. The lowest BCUT2D eigenvalue weighted by Crippen LogP contribution is -2.24. The third kappa shape index (κ3) is 4.73. The predicted molar refractivity (Wildman–Crippen MR) is 94.7 cm³/mol. The van der Waals surface area contributed by atoms with Gasteiger partial charge in [0.2, 0.25) is 0 Å². The molecule has 1 unspecified atom stereocenters. The summed E-state index contributed by atoms with van der Waals surface area (Å²) in [6.45, 7) is 5.05. The van der Waals surface area contributed by atoms with Crippen LogP contribution in [-0.2, 0) is 0 Å². The zero-order valence-corrected chi connectivity index (χ0v) is 14.7. The summed E-state index contributed by atoms with van der Waals surface area (Å²) in [5.41, 5.74) is 8.26. The summed E-state index contributed by atoms with van der Waals surface area (Å²) in [5, 5.41) is 3.50. The van der Waals surface area contributed by atoms with Crippen LogP contribution >= 0.6 is 27.7 Å². The van der Waals surface area contributed by atoms with Gasteiger partial charge in [-0.15, -0.1) is 11.8 Å². The number of thioether (sulfide) groups is 1. The quantitative estimate of drug-likeness (QED) is 0.753. The van der Waals surface area contributed by atoms with Gasteiger partial charge in [-0.3, -0.25) is 0 Å². The molecule has 0 radical (unpaired) electrons. The number of halogens is 1. The number of pyridine rings is 1. The molecule has 1 heterocycles. The van der Waals surface area contributed by atoms with Crippen molar-refractivity contribution >= 4 is 33.5 Å². The normalized spacial score (nSPS) is 12.3. The van der Waals surface area contributed by atoms with Crippen LogP contribution in [0.15, 0.2) is 45.9 Å². The minimum atomic E-state index is 0.200. The van der Waals surface area contributed by atoms with Crippen molar-refractivity contribution in [3.05, 3.63) is 52.1 Å². The van der Waals surface area contributed by atoms with Crippen LogP contribution in [0.2, 0.25) is 0 Å². The number of nitrogens with zero attached hydrogens (tertiary/aromatic N) is 1. The van der Waals surface area contributed by atoms with Crippen molar-refractivity contribution in [2.75, 3.05) is 18.0 Å². The van der Waals surface area contributed by atoms with Crippen molar-refractivity contribution in [2.24, 2.45) is 0 Å². The van der Waals surface area contributed by atoms with Crippen molar-refractivity contribution in [1.82, 2.24) is 10.3 Å². The second-order valence-corrected chi connectivity index (χ2v) is 6.87. The largest absolute Gasteiger partial charge is 0.383 e. The van der Waals surface area contributed by atoms with E-state index in [0.29, 0.717) is 5.82 Å². The fraction of sp³-hybridized carbons (Fsp3) is 0.312. The van der Waals surface area contributed by atoms with E-state index in [4.69, 9.17) is 5.73 Å². The lowest BCUT2D eigenvalue weighted by Gasteiger charge is -2.19. The molecule has 2 aromatic rings. The molecule has 0 saturated carbocycles.